The van der Waals surface area contributed by atoms with Gasteiger partial charge in [0.25, 0.3) is 0 Å². The van der Waals surface area contributed by atoms with Gasteiger partial charge in [-0.1, -0.05) is 69.8 Å². The second-order valence-electron chi connectivity index (χ2n) is 3.94. The summed E-state index contributed by atoms with van der Waals surface area (Å²) in [7, 11) is 0. The third kappa shape index (κ3) is 13.5. The maximum atomic E-state index is 3.85. The van der Waals surface area contributed by atoms with E-state index in [2.05, 4.69) is 32.1 Å². The monoisotopic (exact) mass is 206 g/mol. The van der Waals surface area contributed by atoms with Crippen molar-refractivity contribution in [2.45, 2.75) is 57.8 Å². The lowest BCUT2D eigenvalue weighted by Crippen LogP contribution is -1.78. The van der Waals surface area contributed by atoms with Crippen molar-refractivity contribution in [2.24, 2.45) is 0 Å². The molecule has 0 saturated heterocycles. The van der Waals surface area contributed by atoms with E-state index in [0.717, 1.165) is 12.8 Å². The fraction of sp³-hybridized carbons (Fsp3) is 0.600. The van der Waals surface area contributed by atoms with Gasteiger partial charge in [0.2, 0.25) is 0 Å². The van der Waals surface area contributed by atoms with E-state index < -0.39 is 0 Å². The van der Waals surface area contributed by atoms with E-state index in [4.69, 9.17) is 0 Å². The van der Waals surface area contributed by atoms with Gasteiger partial charge in [0.1, 0.15) is 0 Å². The minimum Gasteiger partial charge on any atom is -0.0882 e. The standard InChI is InChI=1S/C15H26/c1-3-5-7-9-11-13-15-14-12-10-8-6-4-2/h3,5,9,11H,1-2,4,6-8,10,12-15H2. The summed E-state index contributed by atoms with van der Waals surface area (Å²) in [4.78, 5) is 0. The zero-order valence-corrected chi connectivity index (χ0v) is 10.1. The Hall–Kier alpha value is -0.520. The first kappa shape index (κ1) is 14.5. The highest BCUT2D eigenvalue weighted by Gasteiger charge is 1.88. The molecular formula is C15H26. The predicted octanol–water partition coefficient (Wildman–Crippen LogP) is 5.28. The third-order valence-corrected chi connectivity index (χ3v) is 2.48. The first-order chi connectivity index (χ1) is 7.41. The Morgan fingerprint density at radius 3 is 2.07 bits per heavy atom. The molecule has 0 aliphatic rings. The third-order valence-electron chi connectivity index (χ3n) is 2.48. The quantitative estimate of drug-likeness (QED) is 0.337. The Labute approximate surface area is 96.5 Å². The maximum absolute atomic E-state index is 3.85. The summed E-state index contributed by atoms with van der Waals surface area (Å²) in [5, 5.41) is 0. The minimum atomic E-state index is 1.03. The van der Waals surface area contributed by atoms with E-state index in [0.29, 0.717) is 0 Å². The summed E-state index contributed by atoms with van der Waals surface area (Å²) in [5.74, 6) is 0. The van der Waals surface area contributed by atoms with Gasteiger partial charge in [0, 0.05) is 0 Å². The zero-order valence-electron chi connectivity index (χ0n) is 10.1. The van der Waals surface area contributed by atoms with E-state index in [9.17, 15) is 0 Å². The van der Waals surface area contributed by atoms with Crippen LogP contribution < -0.4 is 0 Å². The van der Waals surface area contributed by atoms with Crippen LogP contribution in [0, 0.1) is 13.8 Å². The Morgan fingerprint density at radius 1 is 0.733 bits per heavy atom. The molecule has 2 radical (unpaired) electrons. The van der Waals surface area contributed by atoms with E-state index in [1.165, 1.54) is 44.9 Å². The maximum Gasteiger partial charge on any atom is -0.0169 e. The molecule has 0 bridgehead atoms. The zero-order chi connectivity index (χ0) is 11.2. The first-order valence-electron chi connectivity index (χ1n) is 6.30. The fourth-order valence-electron chi connectivity index (χ4n) is 1.53. The second-order valence-corrected chi connectivity index (χ2v) is 3.94. The van der Waals surface area contributed by atoms with Gasteiger partial charge in [-0.2, -0.15) is 0 Å². The van der Waals surface area contributed by atoms with E-state index in [-0.39, 0.29) is 0 Å². The number of rotatable bonds is 10. The van der Waals surface area contributed by atoms with Crippen molar-refractivity contribution in [3.8, 4) is 0 Å². The lowest BCUT2D eigenvalue weighted by molar-refractivity contribution is 0.599. The van der Waals surface area contributed by atoms with Crippen LogP contribution in [0.25, 0.3) is 0 Å². The van der Waals surface area contributed by atoms with Gasteiger partial charge >= 0.3 is 0 Å². The number of hydrogen-bond acceptors (Lipinski definition) is 0. The lowest BCUT2D eigenvalue weighted by Gasteiger charge is -1.98. The predicted molar refractivity (Wildman–Crippen MR) is 70.5 cm³/mol. The molecule has 0 heteroatoms. The second kappa shape index (κ2) is 13.5. The van der Waals surface area contributed by atoms with Gasteiger partial charge in [-0.05, 0) is 26.2 Å². The summed E-state index contributed by atoms with van der Waals surface area (Å²) in [6, 6.07) is 0. The smallest absolute Gasteiger partial charge is 0.0169 e. The van der Waals surface area contributed by atoms with Crippen molar-refractivity contribution in [1.82, 2.24) is 0 Å². The van der Waals surface area contributed by atoms with Crippen molar-refractivity contribution in [3.63, 3.8) is 0 Å². The molecule has 0 amide bonds. The van der Waals surface area contributed by atoms with E-state index >= 15 is 0 Å². The molecule has 0 saturated carbocycles. The van der Waals surface area contributed by atoms with Crippen LogP contribution in [0.4, 0.5) is 0 Å². The van der Waals surface area contributed by atoms with Gasteiger partial charge < -0.3 is 0 Å². The lowest BCUT2D eigenvalue weighted by atomic mass is 10.1. The summed E-state index contributed by atoms with van der Waals surface area (Å²) >= 11 is 0. The van der Waals surface area contributed by atoms with Crippen LogP contribution in [0.2, 0.25) is 0 Å². The molecule has 0 N–H and O–H groups in total. The molecule has 0 unspecified atom stereocenters. The van der Waals surface area contributed by atoms with Gasteiger partial charge in [-0.25, -0.2) is 0 Å². The Balaban J connectivity index is 3.01. The van der Waals surface area contributed by atoms with Crippen LogP contribution in [-0.4, -0.2) is 0 Å². The molecule has 0 aromatic carbocycles. The van der Waals surface area contributed by atoms with Crippen molar-refractivity contribution >= 4 is 0 Å². The van der Waals surface area contributed by atoms with Crippen LogP contribution in [0.1, 0.15) is 57.8 Å². The summed E-state index contributed by atoms with van der Waals surface area (Å²) in [5.41, 5.74) is 0. The van der Waals surface area contributed by atoms with E-state index in [1.54, 1.807) is 0 Å². The largest absolute Gasteiger partial charge is 0.0882 e. The molecule has 15 heavy (non-hydrogen) atoms. The average Bonchev–Trinajstić information content (AvgIpc) is 2.26. The Morgan fingerprint density at radius 2 is 1.40 bits per heavy atom. The normalized spacial score (nSPS) is 11.9. The molecule has 0 aromatic rings. The van der Waals surface area contributed by atoms with Crippen LogP contribution in [0.3, 0.4) is 0 Å². The number of hydrogen-bond donors (Lipinski definition) is 0. The highest BCUT2D eigenvalue weighted by Crippen LogP contribution is 2.08. The highest BCUT2D eigenvalue weighted by atomic mass is 13.9. The fourth-order valence-corrected chi connectivity index (χ4v) is 1.53. The molecule has 0 aromatic heterocycles. The number of allylic oxidation sites excluding steroid dienone is 4. The van der Waals surface area contributed by atoms with Crippen LogP contribution in [0.15, 0.2) is 24.3 Å². The topological polar surface area (TPSA) is 0 Å². The van der Waals surface area contributed by atoms with Crippen molar-refractivity contribution < 1.29 is 0 Å². The summed E-state index contributed by atoms with van der Waals surface area (Å²) < 4.78 is 0. The molecule has 0 spiro atoms. The van der Waals surface area contributed by atoms with Gasteiger partial charge in [-0.3, -0.25) is 0 Å². The summed E-state index contributed by atoms with van der Waals surface area (Å²) in [6.45, 7) is 7.50. The molecule has 0 aliphatic heterocycles. The first-order valence-corrected chi connectivity index (χ1v) is 6.30. The molecule has 0 nitrogen and oxygen atoms in total. The van der Waals surface area contributed by atoms with Crippen molar-refractivity contribution in [2.75, 3.05) is 0 Å². The Bertz CT molecular complexity index is 153. The van der Waals surface area contributed by atoms with Gasteiger partial charge in [0.05, 0.1) is 0 Å². The highest BCUT2D eigenvalue weighted by molar-refractivity contribution is 4.93. The van der Waals surface area contributed by atoms with Crippen LogP contribution >= 0.6 is 0 Å². The van der Waals surface area contributed by atoms with Gasteiger partial charge in [0.15, 0.2) is 0 Å². The average molecular weight is 206 g/mol. The molecule has 0 rings (SSSR count). The molecule has 0 atom stereocenters. The van der Waals surface area contributed by atoms with E-state index in [1.807, 2.05) is 6.08 Å². The minimum absolute atomic E-state index is 1.03. The Kier molecular flexibility index (Phi) is 13.0. The number of unbranched alkanes of at least 4 members (excludes halogenated alkanes) is 7. The molecule has 86 valence electrons. The van der Waals surface area contributed by atoms with Crippen molar-refractivity contribution in [1.29, 1.82) is 0 Å². The SMILES string of the molecule is [CH2]C=CCC=CCCCCCCCC[CH2]. The molecule has 0 aliphatic carbocycles. The van der Waals surface area contributed by atoms with Crippen LogP contribution in [-0.2, 0) is 0 Å². The van der Waals surface area contributed by atoms with Crippen molar-refractivity contribution in [3.05, 3.63) is 38.2 Å². The molecule has 0 fully saturated rings. The van der Waals surface area contributed by atoms with Gasteiger partial charge in [-0.15, -0.1) is 0 Å². The van der Waals surface area contributed by atoms with Crippen LogP contribution in [0.5, 0.6) is 0 Å². The molecule has 0 heterocycles. The summed E-state index contributed by atoms with van der Waals surface area (Å²) in [6.07, 6.45) is 20.0. The molecular weight excluding hydrogens is 180 g/mol.